The lowest BCUT2D eigenvalue weighted by Gasteiger charge is -2.08. The molecule has 0 rings (SSSR count). The first-order valence-corrected chi connectivity index (χ1v) is 5.37. The molecule has 4 nitrogen and oxygen atoms in total. The van der Waals surface area contributed by atoms with E-state index in [0.29, 0.717) is 0 Å². The molecule has 0 saturated carbocycles. The summed E-state index contributed by atoms with van der Waals surface area (Å²) in [5.41, 5.74) is 5.50. The van der Waals surface area contributed by atoms with Gasteiger partial charge in [-0.25, -0.2) is 0 Å². The molecule has 11 heavy (non-hydrogen) atoms. The Morgan fingerprint density at radius 2 is 2.09 bits per heavy atom. The topological polar surface area (TPSA) is 69.4 Å². The van der Waals surface area contributed by atoms with E-state index in [-0.39, 0.29) is 12.6 Å². The van der Waals surface area contributed by atoms with E-state index in [0.717, 1.165) is 19.1 Å². The molecule has 5 heteroatoms. The number of hydrogen-bond acceptors (Lipinski definition) is 4. The third-order valence-corrected chi connectivity index (χ3v) is 1.72. The maximum Gasteiger partial charge on any atom is 0.264 e. The predicted molar refractivity (Wildman–Crippen MR) is 43.7 cm³/mol. The van der Waals surface area contributed by atoms with E-state index in [1.54, 1.807) is 0 Å². The fraction of sp³-hybridized carbons (Fsp3) is 1.00. The summed E-state index contributed by atoms with van der Waals surface area (Å²) >= 11 is 0. The van der Waals surface area contributed by atoms with Gasteiger partial charge in [-0.2, -0.15) is 8.42 Å². The van der Waals surface area contributed by atoms with Crippen molar-refractivity contribution in [2.24, 2.45) is 5.73 Å². The van der Waals surface area contributed by atoms with Crippen molar-refractivity contribution in [3.63, 3.8) is 0 Å². The number of rotatable bonds is 5. The van der Waals surface area contributed by atoms with Crippen LogP contribution in [0.5, 0.6) is 0 Å². The van der Waals surface area contributed by atoms with Crippen LogP contribution in [0.15, 0.2) is 0 Å². The first kappa shape index (κ1) is 10.9. The number of hydrogen-bond donors (Lipinski definition) is 1. The second-order valence-electron chi connectivity index (χ2n) is 2.54. The molecule has 0 saturated heterocycles. The minimum Gasteiger partial charge on any atom is -0.326 e. The lowest BCUT2D eigenvalue weighted by Crippen LogP contribution is -2.27. The number of nitrogens with two attached hydrogens (primary N) is 1. The van der Waals surface area contributed by atoms with Gasteiger partial charge in [0.15, 0.2) is 0 Å². The molecule has 0 radical (unpaired) electrons. The van der Waals surface area contributed by atoms with Gasteiger partial charge in [0.25, 0.3) is 10.1 Å². The van der Waals surface area contributed by atoms with Crippen LogP contribution in [0.3, 0.4) is 0 Å². The van der Waals surface area contributed by atoms with E-state index in [4.69, 9.17) is 5.73 Å². The summed E-state index contributed by atoms with van der Waals surface area (Å²) in [5.74, 6) is 0. The van der Waals surface area contributed by atoms with Gasteiger partial charge in [-0.1, -0.05) is 13.3 Å². The molecule has 2 N–H and O–H groups in total. The second kappa shape index (κ2) is 4.69. The van der Waals surface area contributed by atoms with Gasteiger partial charge in [0, 0.05) is 6.04 Å². The van der Waals surface area contributed by atoms with Gasteiger partial charge in [-0.3, -0.25) is 4.18 Å². The highest BCUT2D eigenvalue weighted by atomic mass is 32.2. The largest absolute Gasteiger partial charge is 0.326 e. The molecule has 0 aliphatic heterocycles. The van der Waals surface area contributed by atoms with Crippen molar-refractivity contribution in [2.45, 2.75) is 25.8 Å². The lowest BCUT2D eigenvalue weighted by molar-refractivity contribution is 0.287. The van der Waals surface area contributed by atoms with Crippen molar-refractivity contribution >= 4 is 10.1 Å². The highest BCUT2D eigenvalue weighted by Crippen LogP contribution is 1.96. The molecule has 0 aliphatic carbocycles. The minimum atomic E-state index is -3.32. The van der Waals surface area contributed by atoms with Crippen molar-refractivity contribution in [1.29, 1.82) is 0 Å². The quantitative estimate of drug-likeness (QED) is 0.610. The minimum absolute atomic E-state index is 0.0900. The van der Waals surface area contributed by atoms with Crippen LogP contribution in [0.4, 0.5) is 0 Å². The van der Waals surface area contributed by atoms with Gasteiger partial charge in [-0.05, 0) is 6.42 Å². The molecule has 0 amide bonds. The Morgan fingerprint density at radius 1 is 1.55 bits per heavy atom. The molecule has 68 valence electrons. The normalized spacial score (nSPS) is 14.8. The van der Waals surface area contributed by atoms with Crippen LogP contribution >= 0.6 is 0 Å². The Balaban J connectivity index is 3.54. The van der Waals surface area contributed by atoms with Crippen LogP contribution in [0.1, 0.15) is 19.8 Å². The van der Waals surface area contributed by atoms with Crippen molar-refractivity contribution in [3.8, 4) is 0 Å². The van der Waals surface area contributed by atoms with Crippen LogP contribution in [0.2, 0.25) is 0 Å². The fourth-order valence-corrected chi connectivity index (χ4v) is 1.09. The van der Waals surface area contributed by atoms with Gasteiger partial charge in [0.1, 0.15) is 0 Å². The third kappa shape index (κ3) is 7.77. The Bertz CT molecular complexity index is 188. The predicted octanol–water partition coefficient (Wildman–Crippen LogP) is 0.0900. The summed E-state index contributed by atoms with van der Waals surface area (Å²) in [4.78, 5) is 0. The fourth-order valence-electron chi connectivity index (χ4n) is 0.665. The van der Waals surface area contributed by atoms with E-state index >= 15 is 0 Å². The van der Waals surface area contributed by atoms with Gasteiger partial charge >= 0.3 is 0 Å². The smallest absolute Gasteiger partial charge is 0.264 e. The molecule has 0 aromatic heterocycles. The molecule has 0 bridgehead atoms. The average Bonchev–Trinajstić information content (AvgIpc) is 1.83. The van der Waals surface area contributed by atoms with Gasteiger partial charge < -0.3 is 5.73 Å². The van der Waals surface area contributed by atoms with Crippen molar-refractivity contribution in [2.75, 3.05) is 12.9 Å². The SMILES string of the molecule is CCC[C@@H](N)COS(C)(=O)=O. The Hall–Kier alpha value is -0.130. The summed E-state index contributed by atoms with van der Waals surface area (Å²) in [6.07, 6.45) is 2.75. The zero-order valence-corrected chi connectivity index (χ0v) is 7.73. The van der Waals surface area contributed by atoms with E-state index in [1.165, 1.54) is 0 Å². The molecule has 0 aromatic rings. The Morgan fingerprint density at radius 3 is 2.45 bits per heavy atom. The standard InChI is InChI=1S/C6H15NO3S/c1-3-4-6(7)5-10-11(2,8)9/h6H,3-5,7H2,1-2H3/t6-/m1/s1. The average molecular weight is 181 g/mol. The van der Waals surface area contributed by atoms with E-state index in [2.05, 4.69) is 4.18 Å². The molecule has 0 aliphatic rings. The highest BCUT2D eigenvalue weighted by molar-refractivity contribution is 7.85. The Labute approximate surface area is 67.9 Å². The molecule has 0 aromatic carbocycles. The highest BCUT2D eigenvalue weighted by Gasteiger charge is 2.06. The van der Waals surface area contributed by atoms with Crippen molar-refractivity contribution < 1.29 is 12.6 Å². The lowest BCUT2D eigenvalue weighted by atomic mass is 10.2. The summed E-state index contributed by atoms with van der Waals surface area (Å²) < 4.78 is 25.4. The van der Waals surface area contributed by atoms with Gasteiger partial charge in [-0.15, -0.1) is 0 Å². The zero-order chi connectivity index (χ0) is 8.91. The van der Waals surface area contributed by atoms with Crippen molar-refractivity contribution in [1.82, 2.24) is 0 Å². The third-order valence-electron chi connectivity index (χ3n) is 1.16. The summed E-state index contributed by atoms with van der Waals surface area (Å²) in [6.45, 7) is 2.08. The molecule has 0 spiro atoms. The van der Waals surface area contributed by atoms with Crippen LogP contribution in [0.25, 0.3) is 0 Å². The first-order valence-electron chi connectivity index (χ1n) is 3.55. The van der Waals surface area contributed by atoms with Crippen LogP contribution in [0, 0.1) is 0 Å². The molecular formula is C6H15NO3S. The van der Waals surface area contributed by atoms with Crippen molar-refractivity contribution in [3.05, 3.63) is 0 Å². The summed E-state index contributed by atoms with van der Waals surface area (Å²) in [5, 5.41) is 0. The molecule has 0 heterocycles. The zero-order valence-electron chi connectivity index (χ0n) is 6.91. The summed E-state index contributed by atoms with van der Waals surface area (Å²) in [6, 6.07) is -0.172. The van der Waals surface area contributed by atoms with E-state index in [9.17, 15) is 8.42 Å². The van der Waals surface area contributed by atoms with Crippen LogP contribution in [-0.2, 0) is 14.3 Å². The van der Waals surface area contributed by atoms with E-state index in [1.807, 2.05) is 6.92 Å². The first-order chi connectivity index (χ1) is 4.95. The molecular weight excluding hydrogens is 166 g/mol. The van der Waals surface area contributed by atoms with Crippen LogP contribution in [-0.4, -0.2) is 27.3 Å². The molecule has 0 unspecified atom stereocenters. The maximum atomic E-state index is 10.5. The van der Waals surface area contributed by atoms with Crippen LogP contribution < -0.4 is 5.73 Å². The Kier molecular flexibility index (Phi) is 4.63. The monoisotopic (exact) mass is 181 g/mol. The maximum absolute atomic E-state index is 10.5. The molecule has 0 fully saturated rings. The second-order valence-corrected chi connectivity index (χ2v) is 4.18. The molecule has 1 atom stereocenters. The van der Waals surface area contributed by atoms with Gasteiger partial charge in [0.05, 0.1) is 12.9 Å². The van der Waals surface area contributed by atoms with E-state index < -0.39 is 10.1 Å². The summed E-state index contributed by atoms with van der Waals surface area (Å²) in [7, 11) is -3.32. The van der Waals surface area contributed by atoms with Gasteiger partial charge in [0.2, 0.25) is 0 Å².